The highest BCUT2D eigenvalue weighted by atomic mass is 19.1. The SMILES string of the molecule is COc1cc2c(Oc3ccc(N)cc3F)ncnc2cc1O. The van der Waals surface area contributed by atoms with Gasteiger partial charge in [-0.05, 0) is 18.2 Å². The topological polar surface area (TPSA) is 90.5 Å². The van der Waals surface area contributed by atoms with Gasteiger partial charge in [-0.25, -0.2) is 14.4 Å². The molecule has 0 unspecified atom stereocenters. The Morgan fingerprint density at radius 2 is 1.95 bits per heavy atom. The molecule has 0 aliphatic carbocycles. The quantitative estimate of drug-likeness (QED) is 0.723. The van der Waals surface area contributed by atoms with Crippen LogP contribution in [0.2, 0.25) is 0 Å². The summed E-state index contributed by atoms with van der Waals surface area (Å²) in [5, 5.41) is 10.2. The van der Waals surface area contributed by atoms with Gasteiger partial charge in [0.2, 0.25) is 5.88 Å². The van der Waals surface area contributed by atoms with Crippen molar-refractivity contribution in [3.05, 3.63) is 42.5 Å². The third-order valence-electron chi connectivity index (χ3n) is 3.06. The third-order valence-corrected chi connectivity index (χ3v) is 3.06. The number of anilines is 1. The monoisotopic (exact) mass is 301 g/mol. The molecule has 22 heavy (non-hydrogen) atoms. The fourth-order valence-electron chi connectivity index (χ4n) is 2.00. The molecule has 3 aromatic rings. The summed E-state index contributed by atoms with van der Waals surface area (Å²) in [6.07, 6.45) is 1.26. The van der Waals surface area contributed by atoms with Gasteiger partial charge < -0.3 is 20.3 Å². The van der Waals surface area contributed by atoms with Crippen LogP contribution in [0.5, 0.6) is 23.1 Å². The number of aromatic hydroxyl groups is 1. The van der Waals surface area contributed by atoms with E-state index >= 15 is 0 Å². The standard InChI is InChI=1S/C15H12FN3O3/c1-21-14-5-9-11(6-12(14)20)18-7-19-15(9)22-13-3-2-8(17)4-10(13)16/h2-7,20H,17H2,1H3. The van der Waals surface area contributed by atoms with Gasteiger partial charge in [0, 0.05) is 17.8 Å². The Labute approximate surface area is 125 Å². The Bertz CT molecular complexity index is 855. The number of methoxy groups -OCH3 is 1. The Hall–Kier alpha value is -3.09. The van der Waals surface area contributed by atoms with Crippen molar-refractivity contribution in [2.24, 2.45) is 0 Å². The fourth-order valence-corrected chi connectivity index (χ4v) is 2.00. The molecule has 1 aromatic heterocycles. The molecule has 112 valence electrons. The number of fused-ring (bicyclic) bond motifs is 1. The summed E-state index contributed by atoms with van der Waals surface area (Å²) in [6.45, 7) is 0. The number of aromatic nitrogens is 2. The minimum atomic E-state index is -0.600. The van der Waals surface area contributed by atoms with Crippen molar-refractivity contribution in [3.8, 4) is 23.1 Å². The van der Waals surface area contributed by atoms with Gasteiger partial charge in [0.25, 0.3) is 0 Å². The largest absolute Gasteiger partial charge is 0.504 e. The van der Waals surface area contributed by atoms with Gasteiger partial charge in [-0.3, -0.25) is 0 Å². The van der Waals surface area contributed by atoms with Gasteiger partial charge in [-0.1, -0.05) is 0 Å². The lowest BCUT2D eigenvalue weighted by molar-refractivity contribution is 0.374. The summed E-state index contributed by atoms with van der Waals surface area (Å²) in [5.74, 6) is -0.283. The zero-order valence-corrected chi connectivity index (χ0v) is 11.6. The first-order chi connectivity index (χ1) is 10.6. The molecule has 0 atom stereocenters. The van der Waals surface area contributed by atoms with E-state index in [1.807, 2.05) is 0 Å². The molecule has 1 heterocycles. The molecule has 3 N–H and O–H groups in total. The fraction of sp³-hybridized carbons (Fsp3) is 0.0667. The van der Waals surface area contributed by atoms with Crippen molar-refractivity contribution in [2.45, 2.75) is 0 Å². The Morgan fingerprint density at radius 1 is 1.14 bits per heavy atom. The van der Waals surface area contributed by atoms with Crippen LogP contribution in [0, 0.1) is 5.82 Å². The van der Waals surface area contributed by atoms with E-state index in [-0.39, 0.29) is 23.1 Å². The molecule has 0 amide bonds. The van der Waals surface area contributed by atoms with Crippen LogP contribution in [0.15, 0.2) is 36.7 Å². The van der Waals surface area contributed by atoms with Crippen LogP contribution in [-0.4, -0.2) is 22.2 Å². The van der Waals surface area contributed by atoms with Gasteiger partial charge in [-0.15, -0.1) is 0 Å². The molecule has 0 fully saturated rings. The number of nitrogens with two attached hydrogens (primary N) is 1. The second-order valence-corrected chi connectivity index (χ2v) is 4.51. The maximum atomic E-state index is 13.8. The minimum Gasteiger partial charge on any atom is -0.504 e. The van der Waals surface area contributed by atoms with E-state index in [0.29, 0.717) is 16.6 Å². The first-order valence-corrected chi connectivity index (χ1v) is 6.33. The average Bonchev–Trinajstić information content (AvgIpc) is 2.49. The van der Waals surface area contributed by atoms with Crippen LogP contribution >= 0.6 is 0 Å². The summed E-state index contributed by atoms with van der Waals surface area (Å²) in [5.41, 5.74) is 6.24. The number of nitrogen functional groups attached to an aromatic ring is 1. The van der Waals surface area contributed by atoms with Crippen LogP contribution in [0.25, 0.3) is 10.9 Å². The number of halogens is 1. The molecular weight excluding hydrogens is 289 g/mol. The van der Waals surface area contributed by atoms with E-state index < -0.39 is 5.82 Å². The zero-order valence-electron chi connectivity index (χ0n) is 11.6. The number of hydrogen-bond acceptors (Lipinski definition) is 6. The molecular formula is C15H12FN3O3. The summed E-state index contributed by atoms with van der Waals surface area (Å²) < 4.78 is 24.4. The number of rotatable bonds is 3. The predicted octanol–water partition coefficient (Wildman–Crippen LogP) is 2.86. The molecule has 6 nitrogen and oxygen atoms in total. The van der Waals surface area contributed by atoms with Crippen molar-refractivity contribution in [3.63, 3.8) is 0 Å². The maximum absolute atomic E-state index is 13.8. The maximum Gasteiger partial charge on any atom is 0.230 e. The molecule has 0 radical (unpaired) electrons. The Morgan fingerprint density at radius 3 is 2.68 bits per heavy atom. The molecule has 3 rings (SSSR count). The second-order valence-electron chi connectivity index (χ2n) is 4.51. The lowest BCUT2D eigenvalue weighted by Crippen LogP contribution is -1.95. The van der Waals surface area contributed by atoms with Crippen LogP contribution in [0.3, 0.4) is 0 Å². The lowest BCUT2D eigenvalue weighted by Gasteiger charge is -2.10. The van der Waals surface area contributed by atoms with Gasteiger partial charge in [0.05, 0.1) is 18.0 Å². The average molecular weight is 301 g/mol. The number of nitrogens with zero attached hydrogens (tertiary/aromatic N) is 2. The highest BCUT2D eigenvalue weighted by Gasteiger charge is 2.13. The van der Waals surface area contributed by atoms with E-state index in [1.54, 1.807) is 0 Å². The molecule has 2 aromatic carbocycles. The first-order valence-electron chi connectivity index (χ1n) is 6.33. The normalized spacial score (nSPS) is 10.6. The van der Waals surface area contributed by atoms with E-state index in [4.69, 9.17) is 15.2 Å². The number of phenolic OH excluding ortho intramolecular Hbond substituents is 1. The van der Waals surface area contributed by atoms with E-state index in [1.165, 1.54) is 37.7 Å². The molecule has 0 bridgehead atoms. The molecule has 0 saturated carbocycles. The van der Waals surface area contributed by atoms with E-state index in [0.717, 1.165) is 6.07 Å². The number of hydrogen-bond donors (Lipinski definition) is 2. The number of ether oxygens (including phenoxy) is 2. The van der Waals surface area contributed by atoms with Gasteiger partial charge >= 0.3 is 0 Å². The lowest BCUT2D eigenvalue weighted by atomic mass is 10.2. The van der Waals surface area contributed by atoms with Crippen LogP contribution in [0.4, 0.5) is 10.1 Å². The third kappa shape index (κ3) is 2.44. The highest BCUT2D eigenvalue weighted by Crippen LogP contribution is 2.35. The number of benzene rings is 2. The van der Waals surface area contributed by atoms with E-state index in [2.05, 4.69) is 9.97 Å². The molecule has 0 aliphatic heterocycles. The van der Waals surface area contributed by atoms with Gasteiger partial charge in [0.15, 0.2) is 23.1 Å². The van der Waals surface area contributed by atoms with Crippen LogP contribution in [0.1, 0.15) is 0 Å². The van der Waals surface area contributed by atoms with Crippen molar-refractivity contribution >= 4 is 16.6 Å². The molecule has 0 saturated heterocycles. The molecule has 7 heteroatoms. The Balaban J connectivity index is 2.10. The van der Waals surface area contributed by atoms with Gasteiger partial charge in [-0.2, -0.15) is 0 Å². The second kappa shape index (κ2) is 5.36. The van der Waals surface area contributed by atoms with E-state index in [9.17, 15) is 9.50 Å². The summed E-state index contributed by atoms with van der Waals surface area (Å²) in [6, 6.07) is 7.03. The van der Waals surface area contributed by atoms with Gasteiger partial charge in [0.1, 0.15) is 6.33 Å². The van der Waals surface area contributed by atoms with Crippen molar-refractivity contribution in [1.82, 2.24) is 9.97 Å². The van der Waals surface area contributed by atoms with Crippen molar-refractivity contribution < 1.29 is 19.0 Å². The van der Waals surface area contributed by atoms with Crippen molar-refractivity contribution in [2.75, 3.05) is 12.8 Å². The molecule has 0 aliphatic rings. The summed E-state index contributed by atoms with van der Waals surface area (Å²) in [4.78, 5) is 8.04. The van der Waals surface area contributed by atoms with Crippen LogP contribution in [-0.2, 0) is 0 Å². The zero-order chi connectivity index (χ0) is 15.7. The van der Waals surface area contributed by atoms with Crippen molar-refractivity contribution in [1.29, 1.82) is 0 Å². The van der Waals surface area contributed by atoms with Crippen LogP contribution < -0.4 is 15.2 Å². The summed E-state index contributed by atoms with van der Waals surface area (Å²) in [7, 11) is 1.42. The smallest absolute Gasteiger partial charge is 0.230 e. The Kier molecular flexibility index (Phi) is 3.38. The summed E-state index contributed by atoms with van der Waals surface area (Å²) >= 11 is 0. The highest BCUT2D eigenvalue weighted by molar-refractivity contribution is 5.86. The number of phenols is 1. The minimum absolute atomic E-state index is 0.0127. The predicted molar refractivity (Wildman–Crippen MR) is 78.6 cm³/mol. The first kappa shape index (κ1) is 13.9. The molecule has 0 spiro atoms.